The van der Waals surface area contributed by atoms with Crippen molar-refractivity contribution >= 4 is 46.8 Å². The van der Waals surface area contributed by atoms with Crippen LogP contribution >= 0.6 is 12.2 Å². The summed E-state index contributed by atoms with van der Waals surface area (Å²) >= 11 is 5.24. The molecule has 0 bridgehead atoms. The molecule has 2 aromatic rings. The Bertz CT molecular complexity index is 990. The summed E-state index contributed by atoms with van der Waals surface area (Å²) in [6, 6.07) is 10.6. The molecule has 2 amide bonds. The van der Waals surface area contributed by atoms with Gasteiger partial charge < -0.3 is 14.1 Å². The van der Waals surface area contributed by atoms with Gasteiger partial charge in [0, 0.05) is 19.2 Å². The summed E-state index contributed by atoms with van der Waals surface area (Å²) in [6.07, 6.45) is 4.96. The van der Waals surface area contributed by atoms with Gasteiger partial charge in [0.05, 0.1) is 12.3 Å². The Kier molecular flexibility index (Phi) is 5.85. The van der Waals surface area contributed by atoms with Gasteiger partial charge in [-0.25, -0.2) is 0 Å². The minimum atomic E-state index is -0.539. The van der Waals surface area contributed by atoms with Crippen LogP contribution in [0.5, 0.6) is 5.75 Å². The number of carbonyl (C=O) groups is 2. The van der Waals surface area contributed by atoms with Crippen LogP contribution in [0.25, 0.3) is 6.08 Å². The van der Waals surface area contributed by atoms with Crippen molar-refractivity contribution in [1.82, 2.24) is 5.32 Å². The minimum absolute atomic E-state index is 0.0305. The van der Waals surface area contributed by atoms with Crippen molar-refractivity contribution in [2.24, 2.45) is 0 Å². The Hall–Kier alpha value is -3.13. The summed E-state index contributed by atoms with van der Waals surface area (Å²) in [5.74, 6) is 0.863. The average molecular weight is 426 g/mol. The first-order chi connectivity index (χ1) is 14.6. The molecule has 2 aliphatic heterocycles. The summed E-state index contributed by atoms with van der Waals surface area (Å²) in [7, 11) is 0. The molecule has 0 saturated carbocycles. The van der Waals surface area contributed by atoms with E-state index in [1.807, 2.05) is 13.0 Å². The molecule has 2 saturated heterocycles. The largest absolute Gasteiger partial charge is 0.494 e. The van der Waals surface area contributed by atoms with E-state index in [0.29, 0.717) is 23.8 Å². The fraction of sp³-hybridized carbons (Fsp3) is 0.318. The molecule has 30 heavy (non-hydrogen) atoms. The highest BCUT2D eigenvalue weighted by Gasteiger charge is 2.34. The molecule has 0 radical (unpaired) electrons. The van der Waals surface area contributed by atoms with Crippen LogP contribution in [0, 0.1) is 0 Å². The van der Waals surface area contributed by atoms with E-state index in [4.69, 9.17) is 21.4 Å². The highest BCUT2D eigenvalue weighted by molar-refractivity contribution is 7.80. The Labute approximate surface area is 180 Å². The number of rotatable bonds is 5. The monoisotopic (exact) mass is 425 g/mol. The molecule has 156 valence electrons. The van der Waals surface area contributed by atoms with Crippen LogP contribution in [0.15, 0.2) is 46.4 Å². The number of nitrogens with one attached hydrogen (secondary N) is 1. The SMILES string of the molecule is CCOc1ccc(N2C(=O)/C(=C/c3ccc(N4CCCCC4)o3)C(=O)NC2=S)cc1. The third-order valence-electron chi connectivity index (χ3n) is 5.07. The first kappa shape index (κ1) is 20.2. The predicted molar refractivity (Wildman–Crippen MR) is 119 cm³/mol. The normalized spacial score (nSPS) is 18.7. The summed E-state index contributed by atoms with van der Waals surface area (Å²) in [5, 5.41) is 2.63. The smallest absolute Gasteiger partial charge is 0.270 e. The van der Waals surface area contributed by atoms with E-state index in [1.165, 1.54) is 17.4 Å². The van der Waals surface area contributed by atoms with Crippen LogP contribution < -0.4 is 19.9 Å². The van der Waals surface area contributed by atoms with E-state index in [9.17, 15) is 9.59 Å². The summed E-state index contributed by atoms with van der Waals surface area (Å²) in [5.41, 5.74) is 0.518. The standard InChI is InChI=1S/C22H23N3O4S/c1-2-28-16-8-6-15(7-9-16)25-21(27)18(20(26)23-22(25)30)14-17-10-11-19(29-17)24-12-4-3-5-13-24/h6-11,14H,2-5,12-13H2,1H3,(H,23,26,30)/b18-14+. The molecule has 2 fully saturated rings. The van der Waals surface area contributed by atoms with Gasteiger partial charge in [0.25, 0.3) is 11.8 Å². The molecular formula is C22H23N3O4S. The van der Waals surface area contributed by atoms with Gasteiger partial charge in [-0.05, 0) is 74.8 Å². The van der Waals surface area contributed by atoms with Crippen LogP contribution in [0.3, 0.4) is 0 Å². The Morgan fingerprint density at radius 1 is 1.10 bits per heavy atom. The lowest BCUT2D eigenvalue weighted by atomic mass is 10.1. The van der Waals surface area contributed by atoms with Gasteiger partial charge in [0.2, 0.25) is 0 Å². The van der Waals surface area contributed by atoms with E-state index >= 15 is 0 Å². The third kappa shape index (κ3) is 4.09. The van der Waals surface area contributed by atoms with Crippen molar-refractivity contribution in [2.75, 3.05) is 29.5 Å². The molecule has 4 rings (SSSR count). The second-order valence-electron chi connectivity index (χ2n) is 7.11. The summed E-state index contributed by atoms with van der Waals surface area (Å²) in [6.45, 7) is 4.34. The second kappa shape index (κ2) is 8.71. The number of nitrogens with zero attached hydrogens (tertiary/aromatic N) is 2. The van der Waals surface area contributed by atoms with Crippen LogP contribution in [-0.4, -0.2) is 36.6 Å². The van der Waals surface area contributed by atoms with Crippen molar-refractivity contribution in [3.63, 3.8) is 0 Å². The fourth-order valence-electron chi connectivity index (χ4n) is 3.60. The van der Waals surface area contributed by atoms with Crippen LogP contribution in [0.1, 0.15) is 31.9 Å². The zero-order valence-electron chi connectivity index (χ0n) is 16.7. The minimum Gasteiger partial charge on any atom is -0.494 e. The number of piperidine rings is 1. The Balaban J connectivity index is 1.58. The first-order valence-electron chi connectivity index (χ1n) is 10.1. The van der Waals surface area contributed by atoms with Crippen molar-refractivity contribution in [2.45, 2.75) is 26.2 Å². The van der Waals surface area contributed by atoms with Gasteiger partial charge in [-0.15, -0.1) is 0 Å². The van der Waals surface area contributed by atoms with Gasteiger partial charge in [-0.2, -0.15) is 0 Å². The van der Waals surface area contributed by atoms with Gasteiger partial charge in [-0.3, -0.25) is 19.8 Å². The van der Waals surface area contributed by atoms with E-state index in [0.717, 1.165) is 31.8 Å². The molecule has 3 heterocycles. The lowest BCUT2D eigenvalue weighted by molar-refractivity contribution is -0.122. The number of anilines is 2. The maximum atomic E-state index is 13.1. The highest BCUT2D eigenvalue weighted by atomic mass is 32.1. The van der Waals surface area contributed by atoms with Gasteiger partial charge in [0.1, 0.15) is 17.1 Å². The van der Waals surface area contributed by atoms with Gasteiger partial charge >= 0.3 is 0 Å². The lowest BCUT2D eigenvalue weighted by Gasteiger charge is -2.28. The second-order valence-corrected chi connectivity index (χ2v) is 7.50. The third-order valence-corrected chi connectivity index (χ3v) is 5.36. The van der Waals surface area contributed by atoms with E-state index < -0.39 is 11.8 Å². The molecule has 1 N–H and O–H groups in total. The van der Waals surface area contributed by atoms with Crippen LogP contribution in [0.4, 0.5) is 11.6 Å². The van der Waals surface area contributed by atoms with Crippen LogP contribution in [0.2, 0.25) is 0 Å². The molecule has 0 aliphatic carbocycles. The molecule has 1 aromatic carbocycles. The molecule has 1 aromatic heterocycles. The van der Waals surface area contributed by atoms with Crippen molar-refractivity contribution < 1.29 is 18.7 Å². The summed E-state index contributed by atoms with van der Waals surface area (Å²) in [4.78, 5) is 29.0. The summed E-state index contributed by atoms with van der Waals surface area (Å²) < 4.78 is 11.3. The number of amides is 2. The molecule has 0 unspecified atom stereocenters. The highest BCUT2D eigenvalue weighted by Crippen LogP contribution is 2.27. The first-order valence-corrected chi connectivity index (χ1v) is 10.5. The number of hydrogen-bond donors (Lipinski definition) is 1. The van der Waals surface area contributed by atoms with Crippen molar-refractivity contribution in [3.05, 3.63) is 47.7 Å². The molecule has 8 heteroatoms. The maximum Gasteiger partial charge on any atom is 0.270 e. The molecular weight excluding hydrogens is 402 g/mol. The molecule has 2 aliphatic rings. The van der Waals surface area contributed by atoms with E-state index in [1.54, 1.807) is 30.3 Å². The molecule has 0 spiro atoms. The Morgan fingerprint density at radius 3 is 2.53 bits per heavy atom. The van der Waals surface area contributed by atoms with Gasteiger partial charge in [0.15, 0.2) is 11.0 Å². The zero-order valence-corrected chi connectivity index (χ0v) is 17.5. The number of hydrogen-bond acceptors (Lipinski definition) is 6. The number of ether oxygens (including phenoxy) is 1. The van der Waals surface area contributed by atoms with Crippen molar-refractivity contribution in [3.8, 4) is 5.75 Å². The lowest BCUT2D eigenvalue weighted by Crippen LogP contribution is -2.54. The van der Waals surface area contributed by atoms with E-state index in [-0.39, 0.29) is 10.7 Å². The number of benzene rings is 1. The molecule has 0 atom stereocenters. The topological polar surface area (TPSA) is 75.0 Å². The number of furan rings is 1. The maximum absolute atomic E-state index is 13.1. The average Bonchev–Trinajstić information content (AvgIpc) is 3.22. The quantitative estimate of drug-likeness (QED) is 0.449. The number of thiocarbonyl (C=S) groups is 1. The Morgan fingerprint density at radius 2 is 1.83 bits per heavy atom. The van der Waals surface area contributed by atoms with Crippen LogP contribution in [-0.2, 0) is 9.59 Å². The fourth-order valence-corrected chi connectivity index (χ4v) is 3.88. The predicted octanol–water partition coefficient (Wildman–Crippen LogP) is 3.50. The van der Waals surface area contributed by atoms with Crippen molar-refractivity contribution in [1.29, 1.82) is 0 Å². The van der Waals surface area contributed by atoms with Gasteiger partial charge in [-0.1, -0.05) is 0 Å². The zero-order chi connectivity index (χ0) is 21.1. The number of carbonyl (C=O) groups excluding carboxylic acids is 2. The molecule has 7 nitrogen and oxygen atoms in total. The van der Waals surface area contributed by atoms with E-state index in [2.05, 4.69) is 10.2 Å².